The van der Waals surface area contributed by atoms with Crippen molar-refractivity contribution in [1.29, 1.82) is 0 Å². The Labute approximate surface area is 111 Å². The number of carbonyl (C=O) groups excluding carboxylic acids is 1. The van der Waals surface area contributed by atoms with Gasteiger partial charge in [-0.1, -0.05) is 20.3 Å². The number of hydrogen-bond donors (Lipinski definition) is 0. The van der Waals surface area contributed by atoms with E-state index in [0.717, 1.165) is 19.3 Å². The average molecular weight is 275 g/mol. The molecule has 0 aliphatic carbocycles. The molecule has 2 unspecified atom stereocenters. The second kappa shape index (κ2) is 6.66. The fraction of sp³-hybridized carbons (Fsp3) is 0.923. The van der Waals surface area contributed by atoms with E-state index < -0.39 is 10.0 Å². The van der Waals surface area contributed by atoms with Crippen molar-refractivity contribution in [2.24, 2.45) is 11.8 Å². The summed E-state index contributed by atoms with van der Waals surface area (Å²) in [5, 5.41) is 0. The van der Waals surface area contributed by atoms with Crippen LogP contribution in [0.1, 0.15) is 46.0 Å². The minimum absolute atomic E-state index is 0.213. The van der Waals surface area contributed by atoms with Crippen LogP contribution in [-0.2, 0) is 14.8 Å². The van der Waals surface area contributed by atoms with Crippen molar-refractivity contribution >= 4 is 15.8 Å². The smallest absolute Gasteiger partial charge is 0.211 e. The molecule has 0 spiro atoms. The molecular formula is C13H25NO3S. The van der Waals surface area contributed by atoms with Crippen molar-refractivity contribution in [3.8, 4) is 0 Å². The number of nitrogens with zero attached hydrogens (tertiary/aromatic N) is 1. The lowest BCUT2D eigenvalue weighted by atomic mass is 9.90. The summed E-state index contributed by atoms with van der Waals surface area (Å²) in [6.45, 7) is 5.30. The maximum atomic E-state index is 11.9. The third kappa shape index (κ3) is 5.06. The van der Waals surface area contributed by atoms with Gasteiger partial charge in [-0.15, -0.1) is 0 Å². The first-order valence-corrected chi connectivity index (χ1v) is 8.64. The highest BCUT2D eigenvalue weighted by atomic mass is 32.2. The van der Waals surface area contributed by atoms with Gasteiger partial charge in [0.15, 0.2) is 0 Å². The summed E-state index contributed by atoms with van der Waals surface area (Å²) in [4.78, 5) is 11.9. The van der Waals surface area contributed by atoms with Crippen LogP contribution in [0.5, 0.6) is 0 Å². The number of sulfonamides is 1. The summed E-state index contributed by atoms with van der Waals surface area (Å²) in [7, 11) is -3.10. The van der Waals surface area contributed by atoms with Crippen molar-refractivity contribution in [2.45, 2.75) is 46.0 Å². The molecule has 0 N–H and O–H groups in total. The minimum Gasteiger partial charge on any atom is -0.300 e. The van der Waals surface area contributed by atoms with Gasteiger partial charge < -0.3 is 0 Å². The normalized spacial score (nSPS) is 23.8. The van der Waals surface area contributed by atoms with Gasteiger partial charge >= 0.3 is 0 Å². The van der Waals surface area contributed by atoms with Gasteiger partial charge in [0.05, 0.1) is 6.26 Å². The van der Waals surface area contributed by atoms with Crippen LogP contribution < -0.4 is 0 Å². The van der Waals surface area contributed by atoms with E-state index in [4.69, 9.17) is 0 Å². The van der Waals surface area contributed by atoms with E-state index in [-0.39, 0.29) is 11.7 Å². The highest BCUT2D eigenvalue weighted by Gasteiger charge is 2.27. The van der Waals surface area contributed by atoms with E-state index >= 15 is 0 Å². The maximum absolute atomic E-state index is 11.9. The number of carbonyl (C=O) groups is 1. The second-order valence-electron chi connectivity index (χ2n) is 5.59. The van der Waals surface area contributed by atoms with Gasteiger partial charge in [-0.05, 0) is 24.7 Å². The molecule has 2 atom stereocenters. The predicted octanol–water partition coefficient (Wildman–Crippen LogP) is 2.05. The van der Waals surface area contributed by atoms with Crippen molar-refractivity contribution in [3.63, 3.8) is 0 Å². The fourth-order valence-corrected chi connectivity index (χ4v) is 3.38. The largest absolute Gasteiger partial charge is 0.300 e. The first-order chi connectivity index (χ1) is 8.32. The first kappa shape index (κ1) is 15.6. The van der Waals surface area contributed by atoms with Crippen LogP contribution in [0, 0.1) is 11.8 Å². The van der Waals surface area contributed by atoms with E-state index in [9.17, 15) is 13.2 Å². The Morgan fingerprint density at radius 3 is 2.67 bits per heavy atom. The molecule has 4 nitrogen and oxygen atoms in total. The van der Waals surface area contributed by atoms with E-state index in [0.29, 0.717) is 31.8 Å². The van der Waals surface area contributed by atoms with Gasteiger partial charge in [0.25, 0.3) is 0 Å². The fourth-order valence-electron chi connectivity index (χ4n) is 2.43. The Morgan fingerprint density at radius 1 is 1.44 bits per heavy atom. The van der Waals surface area contributed by atoms with Crippen molar-refractivity contribution in [3.05, 3.63) is 0 Å². The number of hydrogen-bond acceptors (Lipinski definition) is 3. The Morgan fingerprint density at radius 2 is 2.11 bits per heavy atom. The summed E-state index contributed by atoms with van der Waals surface area (Å²) in [5.74, 6) is 0.932. The van der Waals surface area contributed by atoms with E-state index in [2.05, 4.69) is 13.8 Å². The van der Waals surface area contributed by atoms with Gasteiger partial charge in [0.1, 0.15) is 5.78 Å². The van der Waals surface area contributed by atoms with E-state index in [1.807, 2.05) is 0 Å². The van der Waals surface area contributed by atoms with Crippen LogP contribution in [-0.4, -0.2) is 37.9 Å². The molecule has 0 bridgehead atoms. The summed E-state index contributed by atoms with van der Waals surface area (Å²) >= 11 is 0. The van der Waals surface area contributed by atoms with Crippen molar-refractivity contribution in [1.82, 2.24) is 4.31 Å². The monoisotopic (exact) mass is 275 g/mol. The molecule has 0 saturated carbocycles. The molecule has 1 heterocycles. The van der Waals surface area contributed by atoms with Gasteiger partial charge in [-0.2, -0.15) is 0 Å². The SMILES string of the molecule is CCC(C)CC(=O)CC1CCCN(S(C)(=O)=O)C1. The summed E-state index contributed by atoms with van der Waals surface area (Å²) in [5.41, 5.74) is 0. The predicted molar refractivity (Wildman–Crippen MR) is 72.8 cm³/mol. The molecule has 106 valence electrons. The minimum atomic E-state index is -3.10. The molecule has 0 radical (unpaired) electrons. The van der Waals surface area contributed by atoms with Gasteiger partial charge in [0, 0.05) is 25.9 Å². The van der Waals surface area contributed by atoms with Crippen LogP contribution in [0.2, 0.25) is 0 Å². The van der Waals surface area contributed by atoms with Crippen LogP contribution in [0.4, 0.5) is 0 Å². The van der Waals surface area contributed by atoms with Crippen molar-refractivity contribution in [2.75, 3.05) is 19.3 Å². The zero-order valence-corrected chi connectivity index (χ0v) is 12.5. The molecule has 5 heteroatoms. The quantitative estimate of drug-likeness (QED) is 0.745. The van der Waals surface area contributed by atoms with E-state index in [1.165, 1.54) is 10.6 Å². The Balaban J connectivity index is 2.45. The average Bonchev–Trinajstić information content (AvgIpc) is 2.27. The summed E-state index contributed by atoms with van der Waals surface area (Å²) < 4.78 is 24.5. The number of ketones is 1. The lowest BCUT2D eigenvalue weighted by Gasteiger charge is -2.30. The second-order valence-corrected chi connectivity index (χ2v) is 7.57. The lowest BCUT2D eigenvalue weighted by Crippen LogP contribution is -2.39. The summed E-state index contributed by atoms with van der Waals surface area (Å²) in [6.07, 6.45) is 5.27. The molecule has 0 aromatic heterocycles. The summed E-state index contributed by atoms with van der Waals surface area (Å²) in [6, 6.07) is 0. The van der Waals surface area contributed by atoms with E-state index in [1.54, 1.807) is 0 Å². The highest BCUT2D eigenvalue weighted by molar-refractivity contribution is 7.88. The number of piperidine rings is 1. The van der Waals surface area contributed by atoms with Crippen LogP contribution in [0.25, 0.3) is 0 Å². The Kier molecular flexibility index (Phi) is 5.79. The van der Waals surface area contributed by atoms with Gasteiger partial charge in [-0.3, -0.25) is 4.79 Å². The third-order valence-electron chi connectivity index (χ3n) is 3.74. The van der Waals surface area contributed by atoms with Crippen LogP contribution >= 0.6 is 0 Å². The number of Topliss-reactive ketones (excluding diaryl/α,β-unsaturated/α-hetero) is 1. The molecular weight excluding hydrogens is 250 g/mol. The molecule has 0 aromatic rings. The molecule has 0 amide bonds. The molecule has 1 fully saturated rings. The number of rotatable bonds is 6. The topological polar surface area (TPSA) is 54.5 Å². The zero-order chi connectivity index (χ0) is 13.8. The Bertz CT molecular complexity index is 378. The standard InChI is InChI=1S/C13H25NO3S/c1-4-11(2)8-13(15)9-12-6-5-7-14(10-12)18(3,16)17/h11-12H,4-10H2,1-3H3. The Hall–Kier alpha value is -0.420. The third-order valence-corrected chi connectivity index (χ3v) is 5.01. The maximum Gasteiger partial charge on any atom is 0.211 e. The molecule has 1 saturated heterocycles. The zero-order valence-electron chi connectivity index (χ0n) is 11.7. The lowest BCUT2D eigenvalue weighted by molar-refractivity contribution is -0.121. The van der Waals surface area contributed by atoms with Crippen LogP contribution in [0.3, 0.4) is 0 Å². The van der Waals surface area contributed by atoms with Gasteiger partial charge in [-0.25, -0.2) is 12.7 Å². The highest BCUT2D eigenvalue weighted by Crippen LogP contribution is 2.23. The van der Waals surface area contributed by atoms with Crippen molar-refractivity contribution < 1.29 is 13.2 Å². The molecule has 0 aromatic carbocycles. The molecule has 1 rings (SSSR count). The molecule has 1 aliphatic rings. The molecule has 18 heavy (non-hydrogen) atoms. The first-order valence-electron chi connectivity index (χ1n) is 6.79. The van der Waals surface area contributed by atoms with Gasteiger partial charge in [0.2, 0.25) is 10.0 Å². The van der Waals surface area contributed by atoms with Crippen LogP contribution in [0.15, 0.2) is 0 Å². The molecule has 1 aliphatic heterocycles.